The van der Waals surface area contributed by atoms with Crippen molar-refractivity contribution in [3.05, 3.63) is 53.8 Å². The van der Waals surface area contributed by atoms with Crippen LogP contribution in [0, 0.1) is 0 Å². The van der Waals surface area contributed by atoms with E-state index in [0.717, 1.165) is 11.8 Å². The van der Waals surface area contributed by atoms with Crippen LogP contribution in [0.25, 0.3) is 0 Å². The SMILES string of the molecule is C[C@H](NC(=O)C1=CC=CN2CCS(=O)(=O)N=C12)c1ccc(S(C)(=O)=O)cc1. The van der Waals surface area contributed by atoms with Gasteiger partial charge in [-0.15, -0.1) is 4.40 Å². The first kappa shape index (κ1) is 19.3. The summed E-state index contributed by atoms with van der Waals surface area (Å²) in [4.78, 5) is 14.5. The number of nitrogens with one attached hydrogen (secondary N) is 1. The second-order valence-electron chi connectivity index (χ2n) is 6.35. The highest BCUT2D eigenvalue weighted by Crippen LogP contribution is 2.20. The molecule has 1 aromatic rings. The summed E-state index contributed by atoms with van der Waals surface area (Å²) in [7, 11) is -6.88. The second kappa shape index (κ2) is 6.93. The average Bonchev–Trinajstić information content (AvgIpc) is 2.59. The molecule has 0 aliphatic carbocycles. The number of amidine groups is 1. The van der Waals surface area contributed by atoms with Crippen molar-refractivity contribution >= 4 is 31.6 Å². The topological polar surface area (TPSA) is 113 Å². The van der Waals surface area contributed by atoms with Gasteiger partial charge in [0.2, 0.25) is 0 Å². The third-order valence-electron chi connectivity index (χ3n) is 4.26. The second-order valence-corrected chi connectivity index (χ2v) is 10.1. The summed E-state index contributed by atoms with van der Waals surface area (Å²) >= 11 is 0. The van der Waals surface area contributed by atoms with Gasteiger partial charge in [0.15, 0.2) is 15.7 Å². The molecule has 0 fully saturated rings. The maximum absolute atomic E-state index is 12.7. The van der Waals surface area contributed by atoms with Gasteiger partial charge in [-0.1, -0.05) is 12.1 Å². The molecule has 1 amide bonds. The molecule has 2 heterocycles. The van der Waals surface area contributed by atoms with Gasteiger partial charge in [0, 0.05) is 19.0 Å². The lowest BCUT2D eigenvalue weighted by molar-refractivity contribution is -0.117. The lowest BCUT2D eigenvalue weighted by atomic mass is 10.1. The third kappa shape index (κ3) is 4.28. The Hall–Kier alpha value is -2.46. The summed E-state index contributed by atoms with van der Waals surface area (Å²) in [6.45, 7) is 1.99. The van der Waals surface area contributed by atoms with Crippen molar-refractivity contribution in [2.24, 2.45) is 4.40 Å². The zero-order valence-corrected chi connectivity index (χ0v) is 16.4. The fraction of sp³-hybridized carbons (Fsp3) is 0.294. The van der Waals surface area contributed by atoms with Crippen molar-refractivity contribution in [2.45, 2.75) is 17.9 Å². The number of hydrogen-bond acceptors (Lipinski definition) is 6. The maximum Gasteiger partial charge on any atom is 0.256 e. The van der Waals surface area contributed by atoms with E-state index < -0.39 is 31.8 Å². The zero-order valence-electron chi connectivity index (χ0n) is 14.8. The molecule has 0 aromatic heterocycles. The van der Waals surface area contributed by atoms with E-state index in [0.29, 0.717) is 0 Å². The van der Waals surface area contributed by atoms with Gasteiger partial charge in [0.05, 0.1) is 22.3 Å². The van der Waals surface area contributed by atoms with E-state index in [1.165, 1.54) is 18.2 Å². The van der Waals surface area contributed by atoms with Gasteiger partial charge in [-0.05, 0) is 36.8 Å². The molecule has 27 heavy (non-hydrogen) atoms. The van der Waals surface area contributed by atoms with Crippen LogP contribution in [0.5, 0.6) is 0 Å². The van der Waals surface area contributed by atoms with E-state index in [9.17, 15) is 21.6 Å². The fourth-order valence-corrected chi connectivity index (χ4v) is 4.37. The normalized spacial score (nSPS) is 19.6. The number of hydrogen-bond donors (Lipinski definition) is 1. The van der Waals surface area contributed by atoms with Crippen molar-refractivity contribution < 1.29 is 21.6 Å². The van der Waals surface area contributed by atoms with Crippen LogP contribution in [-0.2, 0) is 24.7 Å². The van der Waals surface area contributed by atoms with Crippen molar-refractivity contribution in [1.82, 2.24) is 10.2 Å². The number of carbonyl (C=O) groups excluding carboxylic acids is 1. The minimum atomic E-state index is -3.58. The molecule has 3 rings (SSSR count). The standard InChI is InChI=1S/C17H19N3O5S2/c1-12(13-5-7-14(8-6-13)26(2,22)23)18-17(21)15-4-3-9-20-10-11-27(24,25)19-16(15)20/h3-9,12H,10-11H2,1-2H3,(H,18,21)/t12-/m0/s1. The first-order valence-electron chi connectivity index (χ1n) is 8.16. The van der Waals surface area contributed by atoms with Crippen LogP contribution in [0.1, 0.15) is 18.5 Å². The third-order valence-corrected chi connectivity index (χ3v) is 6.54. The Morgan fingerprint density at radius 2 is 1.93 bits per heavy atom. The highest BCUT2D eigenvalue weighted by Gasteiger charge is 2.30. The Kier molecular flexibility index (Phi) is 4.96. The lowest BCUT2D eigenvalue weighted by Gasteiger charge is -2.29. The van der Waals surface area contributed by atoms with Crippen LogP contribution in [0.15, 0.2) is 57.5 Å². The number of allylic oxidation sites excluding steroid dienone is 2. The maximum atomic E-state index is 12.7. The molecule has 0 spiro atoms. The van der Waals surface area contributed by atoms with E-state index in [4.69, 9.17) is 0 Å². The number of amides is 1. The predicted molar refractivity (Wildman–Crippen MR) is 101 cm³/mol. The number of fused-ring (bicyclic) bond motifs is 1. The van der Waals surface area contributed by atoms with E-state index in [-0.39, 0.29) is 28.6 Å². The van der Waals surface area contributed by atoms with Gasteiger partial charge in [-0.25, -0.2) is 16.8 Å². The first-order chi connectivity index (χ1) is 12.6. The van der Waals surface area contributed by atoms with Crippen molar-refractivity contribution in [1.29, 1.82) is 0 Å². The molecule has 2 aliphatic heterocycles. The number of sulfone groups is 1. The summed E-state index contributed by atoms with van der Waals surface area (Å²) in [6, 6.07) is 5.81. The van der Waals surface area contributed by atoms with E-state index in [1.54, 1.807) is 36.2 Å². The van der Waals surface area contributed by atoms with Crippen LogP contribution < -0.4 is 5.32 Å². The Morgan fingerprint density at radius 1 is 1.26 bits per heavy atom. The minimum absolute atomic E-state index is 0.0984. The number of benzene rings is 1. The lowest BCUT2D eigenvalue weighted by Crippen LogP contribution is -2.42. The highest BCUT2D eigenvalue weighted by atomic mass is 32.2. The van der Waals surface area contributed by atoms with Crippen LogP contribution >= 0.6 is 0 Å². The van der Waals surface area contributed by atoms with Gasteiger partial charge < -0.3 is 10.2 Å². The van der Waals surface area contributed by atoms with Crippen LogP contribution in [0.2, 0.25) is 0 Å². The first-order valence-corrected chi connectivity index (χ1v) is 11.7. The van der Waals surface area contributed by atoms with Crippen LogP contribution in [0.4, 0.5) is 0 Å². The van der Waals surface area contributed by atoms with Crippen molar-refractivity contribution in [3.63, 3.8) is 0 Å². The van der Waals surface area contributed by atoms with Gasteiger partial charge >= 0.3 is 0 Å². The molecular formula is C17H19N3O5S2. The van der Waals surface area contributed by atoms with Gasteiger partial charge in [-0.3, -0.25) is 4.79 Å². The smallest absolute Gasteiger partial charge is 0.256 e. The molecule has 8 nitrogen and oxygen atoms in total. The fourth-order valence-electron chi connectivity index (χ4n) is 2.75. The van der Waals surface area contributed by atoms with Gasteiger partial charge in [0.1, 0.15) is 0 Å². The van der Waals surface area contributed by atoms with Crippen molar-refractivity contribution in [3.8, 4) is 0 Å². The molecule has 0 unspecified atom stereocenters. The molecule has 0 radical (unpaired) electrons. The highest BCUT2D eigenvalue weighted by molar-refractivity contribution is 7.90. The molecule has 2 aliphatic rings. The monoisotopic (exact) mass is 409 g/mol. The summed E-state index contributed by atoms with van der Waals surface area (Å²) < 4.78 is 50.4. The molecule has 10 heteroatoms. The summed E-state index contributed by atoms with van der Waals surface area (Å²) in [5.74, 6) is -0.445. The van der Waals surface area contributed by atoms with E-state index >= 15 is 0 Å². The Balaban J connectivity index is 1.79. The van der Waals surface area contributed by atoms with Gasteiger partial charge in [0.25, 0.3) is 15.9 Å². The minimum Gasteiger partial charge on any atom is -0.345 e. The molecule has 0 saturated heterocycles. The zero-order chi connectivity index (χ0) is 19.8. The number of nitrogens with zero attached hydrogens (tertiary/aromatic N) is 2. The van der Waals surface area contributed by atoms with Crippen LogP contribution in [0.3, 0.4) is 0 Å². The molecule has 1 N–H and O–H groups in total. The molecular weight excluding hydrogens is 390 g/mol. The number of carbonyl (C=O) groups is 1. The molecule has 0 bridgehead atoms. The Bertz CT molecular complexity index is 1070. The quantitative estimate of drug-likeness (QED) is 0.786. The Labute approximate surface area is 158 Å². The molecule has 0 saturated carbocycles. The van der Waals surface area contributed by atoms with E-state index in [2.05, 4.69) is 9.71 Å². The van der Waals surface area contributed by atoms with Crippen LogP contribution in [-0.4, -0.2) is 52.0 Å². The largest absolute Gasteiger partial charge is 0.345 e. The summed E-state index contributed by atoms with van der Waals surface area (Å²) in [5, 5.41) is 2.79. The summed E-state index contributed by atoms with van der Waals surface area (Å²) in [5.41, 5.74) is 0.887. The molecule has 1 atom stereocenters. The molecule has 1 aromatic carbocycles. The number of sulfonamides is 1. The van der Waals surface area contributed by atoms with E-state index in [1.807, 2.05) is 0 Å². The summed E-state index contributed by atoms with van der Waals surface area (Å²) in [6.07, 6.45) is 5.99. The Morgan fingerprint density at radius 3 is 2.56 bits per heavy atom. The average molecular weight is 409 g/mol. The number of rotatable bonds is 4. The predicted octanol–water partition coefficient (Wildman–Crippen LogP) is 0.765. The molecule has 144 valence electrons. The van der Waals surface area contributed by atoms with Crippen molar-refractivity contribution in [2.75, 3.05) is 18.6 Å². The van der Waals surface area contributed by atoms with Gasteiger partial charge in [-0.2, -0.15) is 0 Å².